The van der Waals surface area contributed by atoms with Gasteiger partial charge in [-0.3, -0.25) is 9.59 Å². The lowest BCUT2D eigenvalue weighted by atomic mass is 10.1. The van der Waals surface area contributed by atoms with Crippen LogP contribution in [-0.2, 0) is 25.3 Å². The van der Waals surface area contributed by atoms with Gasteiger partial charge in [0.15, 0.2) is 5.16 Å². The lowest BCUT2D eigenvalue weighted by Gasteiger charge is -2.08. The van der Waals surface area contributed by atoms with Crippen molar-refractivity contribution in [3.05, 3.63) is 75.4 Å². The predicted molar refractivity (Wildman–Crippen MR) is 163 cm³/mol. The lowest BCUT2D eigenvalue weighted by molar-refractivity contribution is -0.116. The van der Waals surface area contributed by atoms with E-state index in [1.165, 1.54) is 36.8 Å². The molecule has 2 aromatic heterocycles. The van der Waals surface area contributed by atoms with Gasteiger partial charge in [0.25, 0.3) is 5.56 Å². The predicted octanol–water partition coefficient (Wildman–Crippen LogP) is 6.55. The molecule has 0 aliphatic carbocycles. The maximum atomic E-state index is 12.4. The van der Waals surface area contributed by atoms with E-state index in [2.05, 4.69) is 20.6 Å². The van der Waals surface area contributed by atoms with Gasteiger partial charge in [-0.25, -0.2) is 4.68 Å². The number of carbonyl (C=O) groups excluding carboxylic acids is 1. The number of nitrogens with zero attached hydrogens (tertiary/aromatic N) is 5. The van der Waals surface area contributed by atoms with Crippen LogP contribution in [0.25, 0.3) is 10.8 Å². The van der Waals surface area contributed by atoms with E-state index in [0.29, 0.717) is 23.3 Å². The summed E-state index contributed by atoms with van der Waals surface area (Å²) in [6.45, 7) is 0. The number of rotatable bonds is 15. The minimum absolute atomic E-state index is 0.0621. The van der Waals surface area contributed by atoms with Crippen LogP contribution in [0.5, 0.6) is 0 Å². The normalized spacial score (nSPS) is 11.3. The highest BCUT2D eigenvalue weighted by Crippen LogP contribution is 2.21. The number of aromatic nitrogens is 5. The number of thioether (sulfide) groups is 1. The molecule has 0 saturated carbocycles. The Hall–Kier alpha value is -3.17. The number of nitrogens with one attached hydrogen (secondary N) is 1. The summed E-state index contributed by atoms with van der Waals surface area (Å²) in [4.78, 5) is 24.4. The first-order chi connectivity index (χ1) is 19.4. The van der Waals surface area contributed by atoms with E-state index < -0.39 is 0 Å². The second-order valence-electron chi connectivity index (χ2n) is 10.0. The minimum Gasteiger partial charge on any atom is -0.326 e. The largest absolute Gasteiger partial charge is 0.326 e. The molecule has 1 N–H and O–H groups in total. The molecule has 0 spiro atoms. The molecule has 0 aliphatic heterocycles. The summed E-state index contributed by atoms with van der Waals surface area (Å²) >= 11 is 7.61. The molecule has 212 valence electrons. The summed E-state index contributed by atoms with van der Waals surface area (Å²) in [5, 5.41) is 19.3. The van der Waals surface area contributed by atoms with E-state index in [1.807, 2.05) is 48.0 Å². The molecule has 0 bridgehead atoms. The highest BCUT2D eigenvalue weighted by molar-refractivity contribution is 7.99. The molecular formula is C30H37ClN6O2S. The molecule has 0 fully saturated rings. The molecule has 0 saturated heterocycles. The average molecular weight is 581 g/mol. The quantitative estimate of drug-likeness (QED) is 0.127. The fraction of sp³-hybridized carbons (Fsp3) is 0.433. The van der Waals surface area contributed by atoms with E-state index >= 15 is 0 Å². The topological polar surface area (TPSA) is 94.7 Å². The van der Waals surface area contributed by atoms with Crippen LogP contribution in [0.2, 0.25) is 5.02 Å². The van der Waals surface area contributed by atoms with Crippen molar-refractivity contribution in [3.63, 3.8) is 0 Å². The van der Waals surface area contributed by atoms with Crippen LogP contribution in [-0.4, -0.2) is 36.2 Å². The zero-order valence-electron chi connectivity index (χ0n) is 23.2. The molecule has 0 aliphatic rings. The van der Waals surface area contributed by atoms with Crippen molar-refractivity contribution in [1.82, 2.24) is 24.5 Å². The fourth-order valence-electron chi connectivity index (χ4n) is 4.65. The number of amides is 1. The van der Waals surface area contributed by atoms with Crippen LogP contribution in [0.15, 0.2) is 58.5 Å². The number of fused-ring (bicyclic) bond motifs is 1. The molecule has 40 heavy (non-hydrogen) atoms. The summed E-state index contributed by atoms with van der Waals surface area (Å²) in [7, 11) is 3.67. The molecular weight excluding hydrogens is 544 g/mol. The standard InChI is InChI=1S/C30H37ClN6O2S/c1-36-27(21-26-24-13-10-11-14-25(24)29(39)37(2)35-26)33-34-30(36)40-20-12-8-6-4-3-5-7-9-15-28(38)32-23-18-16-22(31)17-19-23/h10-11,13-14,16-19H,3-9,12,15,20-21H2,1-2H3,(H,32,38). The first-order valence-electron chi connectivity index (χ1n) is 13.9. The third-order valence-corrected chi connectivity index (χ3v) is 8.30. The van der Waals surface area contributed by atoms with Crippen LogP contribution in [0.4, 0.5) is 5.69 Å². The van der Waals surface area contributed by atoms with Crippen molar-refractivity contribution >= 4 is 45.7 Å². The van der Waals surface area contributed by atoms with E-state index in [4.69, 9.17) is 11.6 Å². The molecule has 8 nitrogen and oxygen atoms in total. The third-order valence-electron chi connectivity index (χ3n) is 6.94. The van der Waals surface area contributed by atoms with Crippen molar-refractivity contribution in [1.29, 1.82) is 0 Å². The van der Waals surface area contributed by atoms with Crippen LogP contribution < -0.4 is 10.9 Å². The van der Waals surface area contributed by atoms with Crippen LogP contribution in [0, 0.1) is 0 Å². The Morgan fingerprint density at radius 2 is 1.52 bits per heavy atom. The molecule has 2 heterocycles. The monoisotopic (exact) mass is 580 g/mol. The number of aryl methyl sites for hydroxylation is 1. The van der Waals surface area contributed by atoms with Gasteiger partial charge in [0.2, 0.25) is 5.91 Å². The maximum absolute atomic E-state index is 12.4. The number of anilines is 1. The molecule has 2 aromatic carbocycles. The Labute approximate surface area is 244 Å². The van der Waals surface area contributed by atoms with Crippen LogP contribution >= 0.6 is 23.4 Å². The zero-order valence-corrected chi connectivity index (χ0v) is 24.8. The Morgan fingerprint density at radius 3 is 2.25 bits per heavy atom. The van der Waals surface area contributed by atoms with Crippen molar-refractivity contribution < 1.29 is 4.79 Å². The summed E-state index contributed by atoms with van der Waals surface area (Å²) in [6.07, 6.45) is 10.3. The van der Waals surface area contributed by atoms with Crippen molar-refractivity contribution in [2.24, 2.45) is 14.1 Å². The Kier molecular flexibility index (Phi) is 11.2. The van der Waals surface area contributed by atoms with E-state index in [0.717, 1.165) is 52.8 Å². The number of hydrogen-bond acceptors (Lipinski definition) is 6. The Bertz CT molecular complexity index is 1470. The number of carbonyl (C=O) groups is 1. The van der Waals surface area contributed by atoms with Crippen LogP contribution in [0.1, 0.15) is 69.3 Å². The highest BCUT2D eigenvalue weighted by Gasteiger charge is 2.14. The van der Waals surface area contributed by atoms with E-state index in [1.54, 1.807) is 30.9 Å². The molecule has 0 atom stereocenters. The SMILES string of the molecule is Cn1c(Cc2nn(C)c(=O)c3ccccc23)nnc1SCCCCCCCCCCC(=O)Nc1ccc(Cl)cc1. The summed E-state index contributed by atoms with van der Waals surface area (Å²) < 4.78 is 3.43. The van der Waals surface area contributed by atoms with Gasteiger partial charge in [0.05, 0.1) is 17.5 Å². The second-order valence-corrected chi connectivity index (χ2v) is 11.5. The molecule has 1 amide bonds. The number of benzene rings is 2. The molecule has 0 unspecified atom stereocenters. The molecule has 4 rings (SSSR count). The van der Waals surface area contributed by atoms with Gasteiger partial charge in [-0.05, 0) is 43.2 Å². The van der Waals surface area contributed by atoms with Gasteiger partial charge in [0.1, 0.15) is 5.82 Å². The number of halogens is 1. The summed E-state index contributed by atoms with van der Waals surface area (Å²) in [5.74, 6) is 1.91. The maximum Gasteiger partial charge on any atom is 0.274 e. The fourth-order valence-corrected chi connectivity index (χ4v) is 5.70. The van der Waals surface area contributed by atoms with E-state index in [-0.39, 0.29) is 11.5 Å². The Balaban J connectivity index is 1.08. The molecule has 10 heteroatoms. The molecule has 4 aromatic rings. The third kappa shape index (κ3) is 8.41. The molecule has 0 radical (unpaired) electrons. The lowest BCUT2D eigenvalue weighted by Crippen LogP contribution is -2.21. The van der Waals surface area contributed by atoms with Gasteiger partial charge < -0.3 is 9.88 Å². The van der Waals surface area contributed by atoms with Crippen molar-refractivity contribution in [2.75, 3.05) is 11.1 Å². The van der Waals surface area contributed by atoms with Gasteiger partial charge in [-0.15, -0.1) is 10.2 Å². The summed E-state index contributed by atoms with van der Waals surface area (Å²) in [5.41, 5.74) is 1.52. The van der Waals surface area contributed by atoms with Gasteiger partial charge >= 0.3 is 0 Å². The van der Waals surface area contributed by atoms with E-state index in [9.17, 15) is 9.59 Å². The summed E-state index contributed by atoms with van der Waals surface area (Å²) in [6, 6.07) is 14.8. The average Bonchev–Trinajstić information content (AvgIpc) is 3.30. The number of hydrogen-bond donors (Lipinski definition) is 1. The number of unbranched alkanes of at least 4 members (excludes halogenated alkanes) is 7. The van der Waals surface area contributed by atoms with Gasteiger partial charge in [-0.1, -0.05) is 80.1 Å². The van der Waals surface area contributed by atoms with Gasteiger partial charge in [-0.2, -0.15) is 5.10 Å². The van der Waals surface area contributed by atoms with Crippen molar-refractivity contribution in [3.8, 4) is 0 Å². The Morgan fingerprint density at radius 1 is 0.875 bits per heavy atom. The highest BCUT2D eigenvalue weighted by atomic mass is 35.5. The van der Waals surface area contributed by atoms with Gasteiger partial charge in [0, 0.05) is 42.4 Å². The smallest absolute Gasteiger partial charge is 0.274 e. The van der Waals surface area contributed by atoms with Crippen molar-refractivity contribution in [2.45, 2.75) is 69.4 Å². The first-order valence-corrected chi connectivity index (χ1v) is 15.3. The second kappa shape index (κ2) is 15.0. The minimum atomic E-state index is -0.0937. The zero-order chi connectivity index (χ0) is 28.3. The van der Waals surface area contributed by atoms with Crippen LogP contribution in [0.3, 0.4) is 0 Å². The first kappa shape index (κ1) is 29.8.